The highest BCUT2D eigenvalue weighted by molar-refractivity contribution is 7.86. The Hall–Kier alpha value is -2.31. The Morgan fingerprint density at radius 2 is 1.12 bits per heavy atom. The Balaban J connectivity index is 2.15. The molecule has 2 aromatic carbocycles. The molecule has 0 aliphatic rings. The van der Waals surface area contributed by atoms with Gasteiger partial charge in [0.2, 0.25) is 0 Å². The van der Waals surface area contributed by atoms with E-state index < -0.39 is 38.3 Å². The Kier molecular flexibility index (Phi) is 5.49. The van der Waals surface area contributed by atoms with Gasteiger partial charge in [-0.3, -0.25) is 9.11 Å². The molecular formula is C12H13N2O9PS2. The van der Waals surface area contributed by atoms with Gasteiger partial charge in [-0.05, 0) is 24.3 Å². The lowest BCUT2D eigenvalue weighted by Crippen LogP contribution is -2.03. The van der Waals surface area contributed by atoms with Crippen molar-refractivity contribution in [3.8, 4) is 11.5 Å². The van der Waals surface area contributed by atoms with Gasteiger partial charge in [0.1, 0.15) is 21.3 Å². The van der Waals surface area contributed by atoms with Gasteiger partial charge in [0.05, 0.1) is 11.4 Å². The second kappa shape index (κ2) is 7.13. The maximum Gasteiger partial charge on any atom is 0.418 e. The average Bonchev–Trinajstić information content (AvgIpc) is 2.44. The first kappa shape index (κ1) is 20.0. The van der Waals surface area contributed by atoms with Crippen molar-refractivity contribution in [2.75, 3.05) is 11.5 Å². The summed E-state index contributed by atoms with van der Waals surface area (Å²) in [7, 11) is -12.2. The molecule has 0 heterocycles. The van der Waals surface area contributed by atoms with E-state index >= 15 is 0 Å². The van der Waals surface area contributed by atoms with Gasteiger partial charge in [-0.15, -0.1) is 0 Å². The standard InChI is InChI=1S/C12H13N2O9PS2/c13-9-5-7(1-3-11(9)25(16,17)18)22-24(15)23-8-2-4-12(10(14)6-8)26(19,20)21/h1-6,24H,13-14H2,(H,16,17,18)(H,19,20,21). The lowest BCUT2D eigenvalue weighted by Gasteiger charge is -2.10. The minimum Gasteiger partial charge on any atom is -0.418 e. The number of nitrogens with two attached hydrogens (primary N) is 2. The summed E-state index contributed by atoms with van der Waals surface area (Å²) in [5, 5.41) is 0. The minimum absolute atomic E-state index is 0.0960. The quantitative estimate of drug-likeness (QED) is 0.295. The fraction of sp³-hybridized carbons (Fsp3) is 0. The highest BCUT2D eigenvalue weighted by Gasteiger charge is 2.17. The fourth-order valence-corrected chi connectivity index (χ4v) is 3.74. The first-order valence-corrected chi connectivity index (χ1v) is 10.6. The van der Waals surface area contributed by atoms with Gasteiger partial charge in [-0.25, -0.2) is 4.57 Å². The molecule has 142 valence electrons. The number of hydrogen-bond acceptors (Lipinski definition) is 9. The van der Waals surface area contributed by atoms with Crippen LogP contribution in [0.1, 0.15) is 0 Å². The Morgan fingerprint density at radius 3 is 1.38 bits per heavy atom. The van der Waals surface area contributed by atoms with Crippen LogP contribution in [0.15, 0.2) is 46.2 Å². The molecule has 26 heavy (non-hydrogen) atoms. The number of hydrogen-bond donors (Lipinski definition) is 4. The molecule has 6 N–H and O–H groups in total. The van der Waals surface area contributed by atoms with Crippen molar-refractivity contribution in [1.82, 2.24) is 0 Å². The first-order chi connectivity index (χ1) is 11.9. The van der Waals surface area contributed by atoms with Crippen LogP contribution in [0.4, 0.5) is 11.4 Å². The van der Waals surface area contributed by atoms with Gasteiger partial charge < -0.3 is 20.5 Å². The smallest absolute Gasteiger partial charge is 0.418 e. The molecule has 0 aliphatic carbocycles. The molecule has 0 aliphatic heterocycles. The van der Waals surface area contributed by atoms with Crippen LogP contribution >= 0.6 is 8.25 Å². The molecule has 11 nitrogen and oxygen atoms in total. The Labute approximate surface area is 149 Å². The van der Waals surface area contributed by atoms with Gasteiger partial charge in [-0.1, -0.05) is 0 Å². The lowest BCUT2D eigenvalue weighted by atomic mass is 10.3. The number of nitrogen functional groups attached to an aromatic ring is 2. The van der Waals surface area contributed by atoms with E-state index in [1.807, 2.05) is 0 Å². The van der Waals surface area contributed by atoms with E-state index in [9.17, 15) is 21.4 Å². The molecule has 0 spiro atoms. The van der Waals surface area contributed by atoms with Crippen molar-refractivity contribution in [2.24, 2.45) is 0 Å². The zero-order valence-corrected chi connectivity index (χ0v) is 15.3. The summed E-state index contributed by atoms with van der Waals surface area (Å²) in [5.74, 6) is -0.192. The molecule has 0 saturated carbocycles. The van der Waals surface area contributed by atoms with E-state index in [2.05, 4.69) is 0 Å². The van der Waals surface area contributed by atoms with Crippen molar-refractivity contribution in [3.05, 3.63) is 36.4 Å². The third-order valence-electron chi connectivity index (χ3n) is 2.92. The van der Waals surface area contributed by atoms with Crippen LogP contribution in [0.25, 0.3) is 0 Å². The molecule has 0 atom stereocenters. The summed E-state index contributed by atoms with van der Waals surface area (Å²) >= 11 is 0. The summed E-state index contributed by atoms with van der Waals surface area (Å²) in [5.41, 5.74) is 10.3. The summed E-state index contributed by atoms with van der Waals surface area (Å²) < 4.78 is 83.9. The van der Waals surface area contributed by atoms with Crippen molar-refractivity contribution in [2.45, 2.75) is 9.79 Å². The van der Waals surface area contributed by atoms with Gasteiger partial charge >= 0.3 is 8.25 Å². The SMILES string of the molecule is Nc1cc(O[PH](=O)Oc2ccc(S(=O)(=O)O)c(N)c2)ccc1S(=O)(=O)O. The Bertz CT molecular complexity index is 998. The highest BCUT2D eigenvalue weighted by Crippen LogP contribution is 2.34. The number of anilines is 2. The third kappa shape index (κ3) is 4.86. The van der Waals surface area contributed by atoms with E-state index in [1.54, 1.807) is 0 Å². The van der Waals surface area contributed by atoms with Crippen LogP contribution in [0.5, 0.6) is 11.5 Å². The molecule has 0 saturated heterocycles. The molecular weight excluding hydrogens is 411 g/mol. The summed E-state index contributed by atoms with van der Waals surface area (Å²) in [6.45, 7) is 0. The van der Waals surface area contributed by atoms with Crippen LogP contribution in [-0.2, 0) is 24.8 Å². The van der Waals surface area contributed by atoms with Crippen molar-refractivity contribution in [3.63, 3.8) is 0 Å². The topological polar surface area (TPSA) is 196 Å². The van der Waals surface area contributed by atoms with Crippen LogP contribution < -0.4 is 20.5 Å². The summed E-state index contributed by atoms with van der Waals surface area (Å²) in [6.07, 6.45) is 0. The molecule has 0 amide bonds. The first-order valence-electron chi connectivity index (χ1n) is 6.51. The van der Waals surface area contributed by atoms with Gasteiger partial charge in [0.25, 0.3) is 20.2 Å². The second-order valence-electron chi connectivity index (χ2n) is 4.80. The van der Waals surface area contributed by atoms with E-state index in [0.29, 0.717) is 0 Å². The zero-order chi connectivity index (χ0) is 19.7. The van der Waals surface area contributed by atoms with E-state index in [0.717, 1.165) is 36.4 Å². The summed E-state index contributed by atoms with van der Waals surface area (Å²) in [6, 6.07) is 6.14. The Morgan fingerprint density at radius 1 is 0.769 bits per heavy atom. The number of rotatable bonds is 6. The van der Waals surface area contributed by atoms with Gasteiger partial charge in [-0.2, -0.15) is 16.8 Å². The average molecular weight is 424 g/mol. The largest absolute Gasteiger partial charge is 0.418 e. The molecule has 0 radical (unpaired) electrons. The summed E-state index contributed by atoms with van der Waals surface area (Å²) in [4.78, 5) is -1.09. The monoisotopic (exact) mass is 424 g/mol. The normalized spacial score (nSPS) is 12.1. The minimum atomic E-state index is -4.51. The third-order valence-corrected chi connectivity index (χ3v) is 5.58. The zero-order valence-electron chi connectivity index (χ0n) is 12.7. The van der Waals surface area contributed by atoms with E-state index in [1.165, 1.54) is 0 Å². The van der Waals surface area contributed by atoms with Crippen molar-refractivity contribution < 1.29 is 39.6 Å². The maximum atomic E-state index is 11.9. The van der Waals surface area contributed by atoms with Crippen LogP contribution in [-0.4, -0.2) is 25.9 Å². The maximum absolute atomic E-state index is 11.9. The van der Waals surface area contributed by atoms with Crippen molar-refractivity contribution >= 4 is 39.9 Å². The van der Waals surface area contributed by atoms with Crippen LogP contribution in [0.2, 0.25) is 0 Å². The van der Waals surface area contributed by atoms with Crippen LogP contribution in [0, 0.1) is 0 Å². The van der Waals surface area contributed by atoms with E-state index in [-0.39, 0.29) is 22.9 Å². The fourth-order valence-electron chi connectivity index (χ4n) is 1.86. The molecule has 0 fully saturated rings. The van der Waals surface area contributed by atoms with Crippen LogP contribution in [0.3, 0.4) is 0 Å². The molecule has 14 heteroatoms. The molecule has 2 aromatic rings. The van der Waals surface area contributed by atoms with E-state index in [4.69, 9.17) is 29.6 Å². The molecule has 2 rings (SSSR count). The molecule has 0 aromatic heterocycles. The second-order valence-corrected chi connectivity index (χ2v) is 8.49. The molecule has 0 unspecified atom stereocenters. The van der Waals surface area contributed by atoms with Gasteiger partial charge in [0.15, 0.2) is 0 Å². The predicted molar refractivity (Wildman–Crippen MR) is 91.6 cm³/mol. The highest BCUT2D eigenvalue weighted by atomic mass is 32.2. The molecule has 0 bridgehead atoms. The lowest BCUT2D eigenvalue weighted by molar-refractivity contribution is 0.415. The number of benzene rings is 2. The van der Waals surface area contributed by atoms with Crippen molar-refractivity contribution in [1.29, 1.82) is 0 Å². The van der Waals surface area contributed by atoms with Gasteiger partial charge in [0, 0.05) is 12.1 Å². The predicted octanol–water partition coefficient (Wildman–Crippen LogP) is 1.19.